The molecule has 1 aliphatic heterocycles. The van der Waals surface area contributed by atoms with Crippen molar-refractivity contribution in [2.45, 2.75) is 32.9 Å². The average molecular weight is 523 g/mol. The number of esters is 1. The van der Waals surface area contributed by atoms with Crippen molar-refractivity contribution >= 4 is 29.4 Å². The van der Waals surface area contributed by atoms with Gasteiger partial charge in [0.05, 0.1) is 35.1 Å². The number of rotatable bonds is 8. The largest absolute Gasteiger partial charge is 0.497 e. The molecule has 1 atom stereocenters. The lowest BCUT2D eigenvalue weighted by Crippen LogP contribution is -2.40. The number of hydrogen-bond acceptors (Lipinski definition) is 8. The van der Waals surface area contributed by atoms with Gasteiger partial charge in [0.2, 0.25) is 0 Å². The minimum Gasteiger partial charge on any atom is -0.497 e. The molecule has 0 fully saturated rings. The van der Waals surface area contributed by atoms with Crippen molar-refractivity contribution in [3.8, 4) is 11.5 Å². The van der Waals surface area contributed by atoms with Crippen LogP contribution in [0.4, 0.5) is 0 Å². The maximum absolute atomic E-state index is 13.7. The van der Waals surface area contributed by atoms with Gasteiger partial charge in [-0.1, -0.05) is 35.6 Å². The SMILES string of the molecule is COc1ccc(C2C(C(=O)OC(C)C)=C(C)N=c3s/c(=C\c4ccc(OCC(=O)O)cc4)c(=O)n32)cc1. The van der Waals surface area contributed by atoms with Crippen LogP contribution in [0, 0.1) is 0 Å². The third-order valence-corrected chi connectivity index (χ3v) is 6.54. The van der Waals surface area contributed by atoms with Crippen molar-refractivity contribution in [1.82, 2.24) is 4.57 Å². The number of thiazole rings is 1. The first-order valence-electron chi connectivity index (χ1n) is 11.5. The quantitative estimate of drug-likeness (QED) is 0.452. The number of ether oxygens (including phenoxy) is 3. The predicted octanol–water partition coefficient (Wildman–Crippen LogP) is 2.66. The molecule has 1 unspecified atom stereocenters. The molecule has 2 heterocycles. The molecule has 0 amide bonds. The Bertz CT molecular complexity index is 1530. The number of carboxylic acid groups (broad SMARTS) is 1. The number of benzene rings is 2. The Labute approximate surface area is 216 Å². The number of hydrogen-bond donors (Lipinski definition) is 1. The van der Waals surface area contributed by atoms with E-state index >= 15 is 0 Å². The van der Waals surface area contributed by atoms with Gasteiger partial charge in [-0.25, -0.2) is 14.6 Å². The zero-order valence-corrected chi connectivity index (χ0v) is 21.6. The summed E-state index contributed by atoms with van der Waals surface area (Å²) >= 11 is 1.22. The molecular formula is C27H26N2O7S. The molecule has 0 saturated carbocycles. The van der Waals surface area contributed by atoms with Gasteiger partial charge in [-0.2, -0.15) is 0 Å². The number of carbonyl (C=O) groups is 2. The van der Waals surface area contributed by atoms with Crippen LogP contribution in [0.1, 0.15) is 37.9 Å². The Morgan fingerprint density at radius 3 is 2.35 bits per heavy atom. The fourth-order valence-electron chi connectivity index (χ4n) is 3.92. The molecule has 0 saturated heterocycles. The number of fused-ring (bicyclic) bond motifs is 1. The van der Waals surface area contributed by atoms with Crippen LogP contribution < -0.4 is 24.4 Å². The Morgan fingerprint density at radius 1 is 1.11 bits per heavy atom. The van der Waals surface area contributed by atoms with Crippen LogP contribution in [0.3, 0.4) is 0 Å². The summed E-state index contributed by atoms with van der Waals surface area (Å²) in [6, 6.07) is 13.2. The van der Waals surface area contributed by atoms with Crippen molar-refractivity contribution in [3.05, 3.63) is 90.6 Å². The molecule has 3 aromatic rings. The highest BCUT2D eigenvalue weighted by Crippen LogP contribution is 2.31. The number of carbonyl (C=O) groups excluding carboxylic acids is 1. The van der Waals surface area contributed by atoms with E-state index in [0.29, 0.717) is 32.1 Å². The van der Waals surface area contributed by atoms with E-state index in [0.717, 1.165) is 11.1 Å². The van der Waals surface area contributed by atoms with E-state index in [4.69, 9.17) is 19.3 Å². The molecule has 192 valence electrons. The first-order valence-corrected chi connectivity index (χ1v) is 12.3. The summed E-state index contributed by atoms with van der Waals surface area (Å²) in [5, 5.41) is 8.76. The second-order valence-electron chi connectivity index (χ2n) is 8.56. The number of nitrogens with zero attached hydrogens (tertiary/aromatic N) is 2. The van der Waals surface area contributed by atoms with Gasteiger partial charge < -0.3 is 19.3 Å². The van der Waals surface area contributed by atoms with Gasteiger partial charge in [0, 0.05) is 0 Å². The number of allylic oxidation sites excluding steroid dienone is 1. The van der Waals surface area contributed by atoms with E-state index in [1.54, 1.807) is 70.4 Å². The first kappa shape index (κ1) is 25.9. The predicted molar refractivity (Wildman–Crippen MR) is 138 cm³/mol. The lowest BCUT2D eigenvalue weighted by molar-refractivity contribution is -0.143. The minimum absolute atomic E-state index is 0.293. The third-order valence-electron chi connectivity index (χ3n) is 5.56. The third kappa shape index (κ3) is 5.64. The van der Waals surface area contributed by atoms with Crippen LogP contribution in [-0.4, -0.2) is 41.4 Å². The molecule has 9 nitrogen and oxygen atoms in total. The van der Waals surface area contributed by atoms with Crippen LogP contribution in [0.2, 0.25) is 0 Å². The topological polar surface area (TPSA) is 116 Å². The van der Waals surface area contributed by atoms with Crippen molar-refractivity contribution in [2.24, 2.45) is 4.99 Å². The van der Waals surface area contributed by atoms with Crippen LogP contribution >= 0.6 is 11.3 Å². The fourth-order valence-corrected chi connectivity index (χ4v) is 4.97. The highest BCUT2D eigenvalue weighted by Gasteiger charge is 2.33. The maximum atomic E-state index is 13.7. The van der Waals surface area contributed by atoms with E-state index in [1.165, 1.54) is 15.9 Å². The van der Waals surface area contributed by atoms with E-state index in [2.05, 4.69) is 4.99 Å². The maximum Gasteiger partial charge on any atom is 0.341 e. The summed E-state index contributed by atoms with van der Waals surface area (Å²) in [4.78, 5) is 42.6. The van der Waals surface area contributed by atoms with Gasteiger partial charge in [0.1, 0.15) is 11.5 Å². The molecule has 1 aliphatic rings. The smallest absolute Gasteiger partial charge is 0.341 e. The van der Waals surface area contributed by atoms with Gasteiger partial charge in [-0.05, 0) is 62.2 Å². The van der Waals surface area contributed by atoms with Crippen molar-refractivity contribution in [2.75, 3.05) is 13.7 Å². The molecule has 0 radical (unpaired) electrons. The standard InChI is InChI=1S/C27H26N2O7S/c1-15(2)36-26(33)23-16(3)28-27-29(24(23)18-7-11-19(34-4)12-8-18)25(32)21(37-27)13-17-5-9-20(10-6-17)35-14-22(30)31/h5-13,15,24H,14H2,1-4H3,(H,30,31)/b21-13-. The zero-order chi connectivity index (χ0) is 26.7. The molecule has 2 aromatic carbocycles. The number of carboxylic acids is 1. The monoisotopic (exact) mass is 522 g/mol. The lowest BCUT2D eigenvalue weighted by Gasteiger charge is -2.25. The Kier molecular flexibility index (Phi) is 7.58. The van der Waals surface area contributed by atoms with E-state index in [1.807, 2.05) is 12.1 Å². The molecular weight excluding hydrogens is 496 g/mol. The summed E-state index contributed by atoms with van der Waals surface area (Å²) in [5.41, 5.74) is 1.94. The Hall–Kier alpha value is -4.18. The molecule has 0 bridgehead atoms. The average Bonchev–Trinajstić information content (AvgIpc) is 3.16. The van der Waals surface area contributed by atoms with E-state index in [9.17, 15) is 14.4 Å². The zero-order valence-electron chi connectivity index (χ0n) is 20.8. The molecule has 4 rings (SSSR count). The normalized spacial score (nSPS) is 15.3. The number of aromatic nitrogens is 1. The van der Waals surface area contributed by atoms with Crippen LogP contribution in [0.15, 0.2) is 69.6 Å². The second kappa shape index (κ2) is 10.8. The fraction of sp³-hybridized carbons (Fsp3) is 0.259. The van der Waals surface area contributed by atoms with Gasteiger partial charge in [0.15, 0.2) is 11.4 Å². The van der Waals surface area contributed by atoms with E-state index < -0.39 is 24.6 Å². The van der Waals surface area contributed by atoms with Gasteiger partial charge in [-0.15, -0.1) is 0 Å². The van der Waals surface area contributed by atoms with Crippen LogP contribution in [0.25, 0.3) is 6.08 Å². The Morgan fingerprint density at radius 2 is 1.76 bits per heavy atom. The summed E-state index contributed by atoms with van der Waals surface area (Å²) in [7, 11) is 1.57. The van der Waals surface area contributed by atoms with Crippen LogP contribution in [-0.2, 0) is 14.3 Å². The molecule has 0 spiro atoms. The van der Waals surface area contributed by atoms with Crippen LogP contribution in [0.5, 0.6) is 11.5 Å². The number of methoxy groups -OCH3 is 1. The van der Waals surface area contributed by atoms with E-state index in [-0.39, 0.29) is 11.7 Å². The van der Waals surface area contributed by atoms with Crippen molar-refractivity contribution < 1.29 is 28.9 Å². The Balaban J connectivity index is 1.81. The summed E-state index contributed by atoms with van der Waals surface area (Å²) < 4.78 is 17.9. The molecule has 37 heavy (non-hydrogen) atoms. The molecule has 10 heteroatoms. The molecule has 1 N–H and O–H groups in total. The second-order valence-corrected chi connectivity index (χ2v) is 9.57. The van der Waals surface area contributed by atoms with Gasteiger partial charge >= 0.3 is 11.9 Å². The highest BCUT2D eigenvalue weighted by atomic mass is 32.1. The molecule has 0 aliphatic carbocycles. The number of aliphatic carboxylic acids is 1. The summed E-state index contributed by atoms with van der Waals surface area (Å²) in [5.74, 6) is -0.532. The summed E-state index contributed by atoms with van der Waals surface area (Å²) in [6.07, 6.45) is 1.39. The van der Waals surface area contributed by atoms with Crippen molar-refractivity contribution in [1.29, 1.82) is 0 Å². The first-order chi connectivity index (χ1) is 17.7. The van der Waals surface area contributed by atoms with Crippen molar-refractivity contribution in [3.63, 3.8) is 0 Å². The lowest BCUT2D eigenvalue weighted by atomic mass is 9.96. The molecule has 1 aromatic heterocycles. The van der Waals surface area contributed by atoms with Gasteiger partial charge in [-0.3, -0.25) is 9.36 Å². The highest BCUT2D eigenvalue weighted by molar-refractivity contribution is 7.07. The van der Waals surface area contributed by atoms with Gasteiger partial charge in [0.25, 0.3) is 5.56 Å². The summed E-state index contributed by atoms with van der Waals surface area (Å²) in [6.45, 7) is 4.83. The minimum atomic E-state index is -1.07.